The molecule has 4 aliphatic carbocycles. The molecule has 4 aliphatic rings. The van der Waals surface area contributed by atoms with Gasteiger partial charge in [0.15, 0.2) is 0 Å². The van der Waals surface area contributed by atoms with Gasteiger partial charge in [0.05, 0.1) is 0 Å². The van der Waals surface area contributed by atoms with Crippen molar-refractivity contribution < 1.29 is 0 Å². The molecule has 0 fully saturated rings. The third-order valence-electron chi connectivity index (χ3n) is 10.2. The van der Waals surface area contributed by atoms with E-state index in [0.717, 1.165) is 32.1 Å². The number of aryl methyl sites for hydroxylation is 2. The summed E-state index contributed by atoms with van der Waals surface area (Å²) in [5, 5.41) is 9.13. The van der Waals surface area contributed by atoms with E-state index in [9.17, 15) is 0 Å². The Bertz CT molecular complexity index is 1830. The Hall–Kier alpha value is -3.12. The van der Waals surface area contributed by atoms with Crippen LogP contribution in [0.4, 0.5) is 0 Å². The Labute approximate surface area is 240 Å². The van der Waals surface area contributed by atoms with Gasteiger partial charge in [-0.25, -0.2) is 0 Å². The predicted octanol–water partition coefficient (Wildman–Crippen LogP) is 9.66. The number of hydrogen-bond acceptors (Lipinski definition) is 0. The summed E-state index contributed by atoms with van der Waals surface area (Å²) in [4.78, 5) is 0. The van der Waals surface area contributed by atoms with Crippen molar-refractivity contribution in [2.75, 3.05) is 0 Å². The second-order valence-corrected chi connectivity index (χ2v) is 14.6. The molecule has 0 heteroatoms. The molecular weight excluding hydrogens is 480 g/mol. The maximum absolute atomic E-state index is 2.54. The van der Waals surface area contributed by atoms with Gasteiger partial charge in [-0.1, -0.05) is 113 Å². The summed E-state index contributed by atoms with van der Waals surface area (Å²) in [6.07, 6.45) is 21.5. The van der Waals surface area contributed by atoms with Crippen molar-refractivity contribution in [2.45, 2.75) is 92.9 Å². The zero-order valence-electron chi connectivity index (χ0n) is 25.4. The van der Waals surface area contributed by atoms with Gasteiger partial charge in [0.2, 0.25) is 0 Å². The van der Waals surface area contributed by atoms with Crippen LogP contribution in [0, 0.1) is 10.8 Å². The highest BCUT2D eigenvalue weighted by molar-refractivity contribution is 6.09. The van der Waals surface area contributed by atoms with Gasteiger partial charge in [-0.3, -0.25) is 0 Å². The van der Waals surface area contributed by atoms with Crippen molar-refractivity contribution in [2.24, 2.45) is 10.8 Å². The van der Waals surface area contributed by atoms with Crippen LogP contribution in [0.2, 0.25) is 0 Å². The first-order valence-corrected chi connectivity index (χ1v) is 15.6. The molecule has 0 radical (unpaired) electrons. The molecule has 0 bridgehead atoms. The molecule has 0 unspecified atom stereocenters. The second-order valence-electron chi connectivity index (χ2n) is 14.6. The van der Waals surface area contributed by atoms with Crippen molar-refractivity contribution in [1.29, 1.82) is 0 Å². The summed E-state index contributed by atoms with van der Waals surface area (Å²) in [5.41, 5.74) is 13.0. The van der Waals surface area contributed by atoms with Crippen LogP contribution in [0.25, 0.3) is 38.8 Å². The fourth-order valence-electron chi connectivity index (χ4n) is 7.94. The van der Waals surface area contributed by atoms with Crippen LogP contribution in [0.1, 0.15) is 96.8 Å². The lowest BCUT2D eigenvalue weighted by molar-refractivity contribution is 0.480. The SMILES string of the molecule is CC(C)(C)C1=CC=C(C2=c3cccc4c5c6c(c(C7=CC=C(C(C)(C)C)CC7)ccc6c(c34)CC2)=CCC5)CC1. The maximum Gasteiger partial charge on any atom is -0.00671 e. The molecule has 0 nitrogen and oxygen atoms in total. The lowest BCUT2D eigenvalue weighted by Gasteiger charge is -2.29. The molecule has 0 atom stereocenters. The molecule has 40 heavy (non-hydrogen) atoms. The Morgan fingerprint density at radius 3 is 1.85 bits per heavy atom. The molecule has 0 saturated heterocycles. The third kappa shape index (κ3) is 4.09. The highest BCUT2D eigenvalue weighted by Crippen LogP contribution is 2.41. The van der Waals surface area contributed by atoms with Gasteiger partial charge in [0.25, 0.3) is 0 Å². The van der Waals surface area contributed by atoms with E-state index in [-0.39, 0.29) is 10.8 Å². The zero-order chi connectivity index (χ0) is 27.8. The maximum atomic E-state index is 2.54. The normalized spacial score (nSPS) is 19.2. The molecule has 0 aromatic heterocycles. The van der Waals surface area contributed by atoms with Crippen LogP contribution in [-0.2, 0) is 12.8 Å². The van der Waals surface area contributed by atoms with Crippen molar-refractivity contribution in [3.8, 4) is 0 Å². The van der Waals surface area contributed by atoms with E-state index in [1.807, 2.05) is 0 Å². The van der Waals surface area contributed by atoms with Gasteiger partial charge in [0.1, 0.15) is 0 Å². The number of fused-ring (bicyclic) bond motifs is 2. The summed E-state index contributed by atoms with van der Waals surface area (Å²) in [6.45, 7) is 14.1. The van der Waals surface area contributed by atoms with Gasteiger partial charge in [-0.05, 0) is 128 Å². The second kappa shape index (κ2) is 9.20. The zero-order valence-corrected chi connectivity index (χ0v) is 25.4. The van der Waals surface area contributed by atoms with Crippen molar-refractivity contribution in [3.05, 3.63) is 98.5 Å². The summed E-state index contributed by atoms with van der Waals surface area (Å²) in [6, 6.07) is 12.1. The number of hydrogen-bond donors (Lipinski definition) is 0. The van der Waals surface area contributed by atoms with Crippen LogP contribution in [0.5, 0.6) is 0 Å². The van der Waals surface area contributed by atoms with Crippen LogP contribution < -0.4 is 10.4 Å². The van der Waals surface area contributed by atoms with Gasteiger partial charge in [-0.15, -0.1) is 0 Å². The minimum Gasteiger partial charge on any atom is -0.0757 e. The molecular formula is C40H44. The number of rotatable bonds is 2. The van der Waals surface area contributed by atoms with Crippen LogP contribution in [0.15, 0.2) is 71.4 Å². The molecule has 3 aromatic rings. The van der Waals surface area contributed by atoms with E-state index in [1.54, 1.807) is 44.2 Å². The van der Waals surface area contributed by atoms with Crippen molar-refractivity contribution in [1.82, 2.24) is 0 Å². The van der Waals surface area contributed by atoms with Crippen LogP contribution in [0.3, 0.4) is 0 Å². The van der Waals surface area contributed by atoms with Crippen LogP contribution >= 0.6 is 0 Å². The molecule has 0 heterocycles. The minimum absolute atomic E-state index is 0.257. The molecule has 0 amide bonds. The first kappa shape index (κ1) is 25.8. The quantitative estimate of drug-likeness (QED) is 0.293. The van der Waals surface area contributed by atoms with Crippen molar-refractivity contribution in [3.63, 3.8) is 0 Å². The molecule has 0 aliphatic heterocycles. The smallest absolute Gasteiger partial charge is 0.00671 e. The Morgan fingerprint density at radius 1 is 0.550 bits per heavy atom. The fraction of sp³-hybridized carbons (Fsp3) is 0.400. The highest BCUT2D eigenvalue weighted by Gasteiger charge is 2.26. The minimum atomic E-state index is 0.257. The predicted molar refractivity (Wildman–Crippen MR) is 175 cm³/mol. The van der Waals surface area contributed by atoms with E-state index in [1.165, 1.54) is 51.6 Å². The Balaban J connectivity index is 1.44. The molecule has 3 aromatic carbocycles. The topological polar surface area (TPSA) is 0 Å². The lowest BCUT2D eigenvalue weighted by atomic mass is 9.75. The molecule has 7 rings (SSSR count). The summed E-state index contributed by atoms with van der Waals surface area (Å²) >= 11 is 0. The fourth-order valence-corrected chi connectivity index (χ4v) is 7.94. The van der Waals surface area contributed by atoms with Gasteiger partial charge in [-0.2, -0.15) is 0 Å². The molecule has 0 N–H and O–H groups in total. The van der Waals surface area contributed by atoms with E-state index < -0.39 is 0 Å². The molecule has 0 saturated carbocycles. The summed E-state index contributed by atoms with van der Waals surface area (Å²) in [7, 11) is 0. The number of benzene rings is 3. The number of allylic oxidation sites excluding steroid dienone is 8. The first-order chi connectivity index (χ1) is 19.1. The van der Waals surface area contributed by atoms with Crippen LogP contribution in [-0.4, -0.2) is 0 Å². The van der Waals surface area contributed by atoms with Gasteiger partial charge >= 0.3 is 0 Å². The average molecular weight is 525 g/mol. The van der Waals surface area contributed by atoms with E-state index in [4.69, 9.17) is 0 Å². The van der Waals surface area contributed by atoms with Gasteiger partial charge in [0, 0.05) is 0 Å². The average Bonchev–Trinajstić information content (AvgIpc) is 2.94. The van der Waals surface area contributed by atoms with E-state index in [0.29, 0.717) is 0 Å². The Kier molecular flexibility index (Phi) is 5.94. The summed E-state index contributed by atoms with van der Waals surface area (Å²) < 4.78 is 0. The van der Waals surface area contributed by atoms with Crippen molar-refractivity contribution >= 4 is 38.8 Å². The summed E-state index contributed by atoms with van der Waals surface area (Å²) in [5.74, 6) is 0. The molecule has 204 valence electrons. The highest BCUT2D eigenvalue weighted by atomic mass is 14.3. The first-order valence-electron chi connectivity index (χ1n) is 15.6. The third-order valence-corrected chi connectivity index (χ3v) is 10.2. The standard InChI is InChI=1S/C40H44/c1-39(2,3)27-17-13-25(14-18-27)29-21-23-35-36-24-22-30(26-15-19-28(20-16-26)40(4,5)6)32-10-8-12-34(38(32)36)33-11-7-9-31(29)37(33)35/h7,9-11,13,15,17,19,22,24H,8,12,14,16,18,20-21,23H2,1-6H3. The Morgan fingerprint density at radius 2 is 1.20 bits per heavy atom. The van der Waals surface area contributed by atoms with Gasteiger partial charge < -0.3 is 0 Å². The lowest BCUT2D eigenvalue weighted by Crippen LogP contribution is -2.22. The van der Waals surface area contributed by atoms with E-state index >= 15 is 0 Å². The molecule has 0 spiro atoms. The monoisotopic (exact) mass is 524 g/mol. The van der Waals surface area contributed by atoms with E-state index in [2.05, 4.69) is 102 Å². The largest absolute Gasteiger partial charge is 0.0757 e.